The maximum Gasteiger partial charge on any atom is 0.164 e. The van der Waals surface area contributed by atoms with Gasteiger partial charge < -0.3 is 4.57 Å². The van der Waals surface area contributed by atoms with Crippen LogP contribution in [0.3, 0.4) is 0 Å². The fourth-order valence-corrected chi connectivity index (χ4v) is 10.6. The SMILES string of the molecule is c1ccc2cc(-c3nc(-c4ccc(-n5c6ccccc6c6cc7ccccc7cc65)c(-c5cccc6sc7ccccc7c56)c4)nc(-c4ccc5ccccc5c4)n3)ccc2c1. The van der Waals surface area contributed by atoms with Crippen LogP contribution in [-0.2, 0) is 0 Å². The standard InChI is InChI=1S/C57H34N4S/c1-3-14-37-30-41(26-24-35(37)12-1)55-58-56(42-27-25-36-13-2-4-15-38(36)31-42)60-57(59-55)43-28-29-50(48(33-43)45-20-11-23-53-54(45)46-19-8-10-22-52(46)62-53)61-49-21-9-7-18-44(49)47-32-39-16-5-6-17-40(39)34-51(47)61/h1-34H. The summed E-state index contributed by atoms with van der Waals surface area (Å²) in [6.07, 6.45) is 0. The maximum absolute atomic E-state index is 5.31. The van der Waals surface area contributed by atoms with Crippen molar-refractivity contribution in [3.8, 4) is 51.0 Å². The maximum atomic E-state index is 5.31. The summed E-state index contributed by atoms with van der Waals surface area (Å²) >= 11 is 1.84. The summed E-state index contributed by atoms with van der Waals surface area (Å²) in [5.41, 5.74) is 8.49. The number of rotatable bonds is 5. The molecule has 3 heterocycles. The molecule has 0 saturated heterocycles. The first-order valence-corrected chi connectivity index (χ1v) is 21.7. The summed E-state index contributed by atoms with van der Waals surface area (Å²) in [6.45, 7) is 0. The molecule has 62 heavy (non-hydrogen) atoms. The molecule has 13 rings (SSSR count). The fraction of sp³-hybridized carbons (Fsp3) is 0. The first-order chi connectivity index (χ1) is 30.7. The van der Waals surface area contributed by atoms with Gasteiger partial charge in [-0.25, -0.2) is 15.0 Å². The van der Waals surface area contributed by atoms with Gasteiger partial charge in [-0.2, -0.15) is 0 Å². The minimum Gasteiger partial charge on any atom is -0.309 e. The molecule has 0 fully saturated rings. The smallest absolute Gasteiger partial charge is 0.164 e. The molecule has 0 unspecified atom stereocenters. The van der Waals surface area contributed by atoms with Crippen LogP contribution >= 0.6 is 11.3 Å². The minimum absolute atomic E-state index is 0.620. The quantitative estimate of drug-likeness (QED) is 0.174. The first kappa shape index (κ1) is 34.8. The van der Waals surface area contributed by atoms with Crippen LogP contribution in [0.1, 0.15) is 0 Å². The second-order valence-corrected chi connectivity index (χ2v) is 17.1. The third-order valence-corrected chi connectivity index (χ3v) is 13.5. The number of para-hydroxylation sites is 1. The number of benzene rings is 10. The Bertz CT molecular complexity index is 3850. The van der Waals surface area contributed by atoms with Gasteiger partial charge in [0.2, 0.25) is 0 Å². The van der Waals surface area contributed by atoms with Gasteiger partial charge in [-0.15, -0.1) is 11.3 Å². The zero-order valence-corrected chi connectivity index (χ0v) is 34.1. The van der Waals surface area contributed by atoms with Crippen LogP contribution in [0.15, 0.2) is 206 Å². The number of nitrogens with zero attached hydrogens (tertiary/aromatic N) is 4. The summed E-state index contributed by atoms with van der Waals surface area (Å²) in [5.74, 6) is 1.89. The predicted molar refractivity (Wildman–Crippen MR) is 261 cm³/mol. The molecule has 0 N–H and O–H groups in total. The number of aromatic nitrogens is 4. The second kappa shape index (κ2) is 13.8. The van der Waals surface area contributed by atoms with E-state index >= 15 is 0 Å². The highest BCUT2D eigenvalue weighted by Gasteiger charge is 2.21. The third-order valence-electron chi connectivity index (χ3n) is 12.4. The molecule has 5 heteroatoms. The Morgan fingerprint density at radius 3 is 1.52 bits per heavy atom. The number of thiophene rings is 1. The molecule has 0 amide bonds. The first-order valence-electron chi connectivity index (χ1n) is 20.9. The van der Waals surface area contributed by atoms with Crippen molar-refractivity contribution >= 4 is 85.6 Å². The zero-order chi connectivity index (χ0) is 40.7. The molecular weight excluding hydrogens is 773 g/mol. The van der Waals surface area contributed by atoms with Gasteiger partial charge in [-0.1, -0.05) is 146 Å². The summed E-state index contributed by atoms with van der Waals surface area (Å²) in [7, 11) is 0. The molecule has 0 aliphatic heterocycles. The topological polar surface area (TPSA) is 43.6 Å². The molecule has 0 bridgehead atoms. The second-order valence-electron chi connectivity index (χ2n) is 16.0. The summed E-state index contributed by atoms with van der Waals surface area (Å²) in [4.78, 5) is 15.8. The van der Waals surface area contributed by atoms with E-state index in [1.807, 2.05) is 11.3 Å². The van der Waals surface area contributed by atoms with Crippen molar-refractivity contribution in [1.29, 1.82) is 0 Å². The van der Waals surface area contributed by atoms with Crippen LogP contribution < -0.4 is 0 Å². The minimum atomic E-state index is 0.620. The van der Waals surface area contributed by atoms with Gasteiger partial charge in [-0.3, -0.25) is 0 Å². The van der Waals surface area contributed by atoms with E-state index in [4.69, 9.17) is 15.0 Å². The zero-order valence-electron chi connectivity index (χ0n) is 33.3. The molecule has 4 nitrogen and oxygen atoms in total. The number of hydrogen-bond acceptors (Lipinski definition) is 4. The molecule has 288 valence electrons. The Labute approximate surface area is 360 Å². The van der Waals surface area contributed by atoms with Crippen molar-refractivity contribution in [2.24, 2.45) is 0 Å². The van der Waals surface area contributed by atoms with Gasteiger partial charge in [0.05, 0.1) is 16.7 Å². The Morgan fingerprint density at radius 2 is 0.839 bits per heavy atom. The predicted octanol–water partition coefficient (Wildman–Crippen LogP) is 15.5. The third kappa shape index (κ3) is 5.56. The Balaban J connectivity index is 1.10. The van der Waals surface area contributed by atoms with Crippen molar-refractivity contribution in [2.45, 2.75) is 0 Å². The molecule has 0 radical (unpaired) electrons. The molecule has 0 atom stereocenters. The molecule has 0 aliphatic carbocycles. The van der Waals surface area contributed by atoms with Crippen molar-refractivity contribution in [2.75, 3.05) is 0 Å². The van der Waals surface area contributed by atoms with Gasteiger partial charge in [0.15, 0.2) is 17.5 Å². The Kier molecular flexibility index (Phi) is 7.74. The molecule has 0 spiro atoms. The largest absolute Gasteiger partial charge is 0.309 e. The van der Waals surface area contributed by atoms with E-state index in [0.717, 1.165) is 44.2 Å². The van der Waals surface area contributed by atoms with Gasteiger partial charge >= 0.3 is 0 Å². The van der Waals surface area contributed by atoms with E-state index in [2.05, 4.69) is 211 Å². The van der Waals surface area contributed by atoms with Crippen LogP contribution in [0.25, 0.3) is 125 Å². The molecule has 0 aliphatic rings. The van der Waals surface area contributed by atoms with Crippen LogP contribution in [0, 0.1) is 0 Å². The van der Waals surface area contributed by atoms with Crippen LogP contribution in [0.2, 0.25) is 0 Å². The molecule has 10 aromatic carbocycles. The Morgan fingerprint density at radius 1 is 0.323 bits per heavy atom. The van der Waals surface area contributed by atoms with Gasteiger partial charge in [0.1, 0.15) is 0 Å². The highest BCUT2D eigenvalue weighted by atomic mass is 32.1. The van der Waals surface area contributed by atoms with Crippen molar-refractivity contribution < 1.29 is 0 Å². The van der Waals surface area contributed by atoms with Crippen LogP contribution in [-0.4, -0.2) is 19.5 Å². The lowest BCUT2D eigenvalue weighted by Gasteiger charge is -2.17. The molecule has 13 aromatic rings. The van der Waals surface area contributed by atoms with E-state index in [-0.39, 0.29) is 0 Å². The average molecular weight is 807 g/mol. The lowest BCUT2D eigenvalue weighted by atomic mass is 9.95. The fourth-order valence-electron chi connectivity index (χ4n) is 9.42. The van der Waals surface area contributed by atoms with Crippen molar-refractivity contribution in [3.05, 3.63) is 206 Å². The summed E-state index contributed by atoms with van der Waals surface area (Å²) in [6, 6.07) is 74.1. The highest BCUT2D eigenvalue weighted by molar-refractivity contribution is 7.25. The van der Waals surface area contributed by atoms with E-state index in [1.54, 1.807) is 0 Å². The summed E-state index contributed by atoms with van der Waals surface area (Å²) < 4.78 is 4.98. The van der Waals surface area contributed by atoms with E-state index in [9.17, 15) is 0 Å². The van der Waals surface area contributed by atoms with E-state index < -0.39 is 0 Å². The molecular formula is C57H34N4S. The highest BCUT2D eigenvalue weighted by Crippen LogP contribution is 2.45. The lowest BCUT2D eigenvalue weighted by molar-refractivity contribution is 1.07. The van der Waals surface area contributed by atoms with Crippen molar-refractivity contribution in [1.82, 2.24) is 19.5 Å². The average Bonchev–Trinajstić information content (AvgIpc) is 3.88. The molecule has 3 aromatic heterocycles. The number of hydrogen-bond donors (Lipinski definition) is 0. The van der Waals surface area contributed by atoms with E-state index in [1.165, 1.54) is 63.6 Å². The Hall–Kier alpha value is -7.99. The van der Waals surface area contributed by atoms with Gasteiger partial charge in [0.25, 0.3) is 0 Å². The monoisotopic (exact) mass is 806 g/mol. The van der Waals surface area contributed by atoms with Gasteiger partial charge in [0, 0.05) is 53.2 Å². The molecule has 0 saturated carbocycles. The lowest BCUT2D eigenvalue weighted by Crippen LogP contribution is -2.02. The normalized spacial score (nSPS) is 11.9. The van der Waals surface area contributed by atoms with Crippen LogP contribution in [0.5, 0.6) is 0 Å². The van der Waals surface area contributed by atoms with Gasteiger partial charge in [-0.05, 0) is 98.5 Å². The van der Waals surface area contributed by atoms with Crippen molar-refractivity contribution in [3.63, 3.8) is 0 Å². The summed E-state index contributed by atoms with van der Waals surface area (Å²) in [5, 5.41) is 12.0. The van der Waals surface area contributed by atoms with E-state index in [0.29, 0.717) is 17.5 Å². The van der Waals surface area contributed by atoms with Crippen LogP contribution in [0.4, 0.5) is 0 Å². The number of fused-ring (bicyclic) bond motifs is 9.